The average Bonchev–Trinajstić information content (AvgIpc) is 2.02. The maximum absolute atomic E-state index is 10.3. The van der Waals surface area contributed by atoms with Gasteiger partial charge in [-0.3, -0.25) is 0 Å². The molecule has 4 heteroatoms. The van der Waals surface area contributed by atoms with Crippen LogP contribution >= 0.6 is 7.60 Å². The molecule has 12 heavy (non-hydrogen) atoms. The largest absolute Gasteiger partial charge is 0.400 e. The van der Waals surface area contributed by atoms with Crippen molar-refractivity contribution in [3.8, 4) is 11.6 Å². The summed E-state index contributed by atoms with van der Waals surface area (Å²) in [7, 11) is -4.19. The first-order valence-corrected chi connectivity index (χ1v) is 4.83. The number of benzene rings is 1. The molecule has 3 nitrogen and oxygen atoms in total. The van der Waals surface area contributed by atoms with Gasteiger partial charge in [-0.05, 0) is 12.1 Å². The van der Waals surface area contributed by atoms with Crippen molar-refractivity contribution in [2.45, 2.75) is 0 Å². The molecule has 1 rings (SSSR count). The zero-order valence-corrected chi connectivity index (χ0v) is 7.03. The Hall–Kier alpha value is -1.07. The second-order valence-corrected chi connectivity index (χ2v) is 3.46. The summed E-state index contributed by atoms with van der Waals surface area (Å²) in [4.78, 5) is 16.8. The molecule has 0 aliphatic carbocycles. The van der Waals surface area contributed by atoms with Gasteiger partial charge in [-0.2, -0.15) is 0 Å². The number of hydrogen-bond acceptors (Lipinski definition) is 1. The van der Waals surface area contributed by atoms with Crippen molar-refractivity contribution in [2.75, 3.05) is 0 Å². The monoisotopic (exact) mass is 182 g/mol. The van der Waals surface area contributed by atoms with Crippen LogP contribution in [0.15, 0.2) is 30.3 Å². The third-order valence-electron chi connectivity index (χ3n) is 1.12. The van der Waals surface area contributed by atoms with Crippen molar-refractivity contribution < 1.29 is 14.4 Å². The van der Waals surface area contributed by atoms with Gasteiger partial charge < -0.3 is 9.79 Å². The van der Waals surface area contributed by atoms with Crippen LogP contribution in [0.5, 0.6) is 0 Å². The van der Waals surface area contributed by atoms with Crippen molar-refractivity contribution in [3.05, 3.63) is 35.9 Å². The molecule has 0 fully saturated rings. The molecular weight excluding hydrogens is 175 g/mol. The van der Waals surface area contributed by atoms with Crippen molar-refractivity contribution in [1.29, 1.82) is 0 Å². The standard InChI is InChI=1S/C8H7O3P/c9-12(10,11)7-6-8-4-2-1-3-5-8/h1-5H,(H2,9,10,11). The summed E-state index contributed by atoms with van der Waals surface area (Å²) < 4.78 is 10.3. The molecule has 0 aromatic heterocycles. The fourth-order valence-electron chi connectivity index (χ4n) is 0.659. The van der Waals surface area contributed by atoms with Crippen LogP contribution in [0, 0.1) is 11.6 Å². The SMILES string of the molecule is O=P(O)(O)C#Cc1ccccc1. The van der Waals surface area contributed by atoms with E-state index in [2.05, 4.69) is 5.92 Å². The van der Waals surface area contributed by atoms with E-state index in [9.17, 15) is 4.57 Å². The van der Waals surface area contributed by atoms with E-state index in [0.29, 0.717) is 5.56 Å². The van der Waals surface area contributed by atoms with Crippen molar-refractivity contribution in [2.24, 2.45) is 0 Å². The van der Waals surface area contributed by atoms with Gasteiger partial charge in [0.15, 0.2) is 0 Å². The lowest BCUT2D eigenvalue weighted by atomic mass is 10.2. The minimum Gasteiger partial charge on any atom is -0.315 e. The highest BCUT2D eigenvalue weighted by Gasteiger charge is 2.04. The Bertz CT molecular complexity index is 355. The van der Waals surface area contributed by atoms with Crippen LogP contribution in [-0.4, -0.2) is 9.79 Å². The van der Waals surface area contributed by atoms with E-state index in [4.69, 9.17) is 9.79 Å². The second-order valence-electron chi connectivity index (χ2n) is 2.15. The maximum Gasteiger partial charge on any atom is 0.400 e. The molecule has 0 atom stereocenters. The Kier molecular flexibility index (Phi) is 2.67. The Balaban J connectivity index is 2.88. The Labute approximate surface area is 70.2 Å². The predicted octanol–water partition coefficient (Wildman–Crippen LogP) is 1.17. The minimum atomic E-state index is -4.19. The summed E-state index contributed by atoms with van der Waals surface area (Å²) in [6.45, 7) is 0. The minimum absolute atomic E-state index is 0.598. The maximum atomic E-state index is 10.3. The van der Waals surface area contributed by atoms with Gasteiger partial charge in [0.05, 0.1) is 0 Å². The van der Waals surface area contributed by atoms with Gasteiger partial charge in [-0.15, -0.1) is 0 Å². The summed E-state index contributed by atoms with van der Waals surface area (Å²) >= 11 is 0. The van der Waals surface area contributed by atoms with Crippen molar-refractivity contribution in [1.82, 2.24) is 0 Å². The summed E-state index contributed by atoms with van der Waals surface area (Å²) in [6.07, 6.45) is 0. The van der Waals surface area contributed by atoms with E-state index in [0.717, 1.165) is 0 Å². The van der Waals surface area contributed by atoms with Gasteiger partial charge in [-0.25, -0.2) is 4.57 Å². The van der Waals surface area contributed by atoms with Crippen molar-refractivity contribution in [3.63, 3.8) is 0 Å². The second kappa shape index (κ2) is 3.55. The molecule has 0 saturated carbocycles. The van der Waals surface area contributed by atoms with Crippen LogP contribution in [0.4, 0.5) is 0 Å². The van der Waals surface area contributed by atoms with Crippen LogP contribution in [0.2, 0.25) is 0 Å². The number of rotatable bonds is 0. The molecule has 0 heterocycles. The van der Waals surface area contributed by atoms with E-state index in [-0.39, 0.29) is 0 Å². The van der Waals surface area contributed by atoms with E-state index in [1.807, 2.05) is 11.7 Å². The summed E-state index contributed by atoms with van der Waals surface area (Å²) in [5.41, 5.74) is 2.45. The van der Waals surface area contributed by atoms with E-state index >= 15 is 0 Å². The summed E-state index contributed by atoms with van der Waals surface area (Å²) in [6, 6.07) is 8.68. The first-order chi connectivity index (χ1) is 5.58. The third-order valence-corrected chi connectivity index (χ3v) is 1.52. The van der Waals surface area contributed by atoms with Crippen LogP contribution in [0.1, 0.15) is 5.56 Å². The van der Waals surface area contributed by atoms with Crippen LogP contribution in [0.25, 0.3) is 0 Å². The molecule has 0 unspecified atom stereocenters. The molecule has 0 bridgehead atoms. The zero-order valence-electron chi connectivity index (χ0n) is 6.14. The molecule has 2 N–H and O–H groups in total. The highest BCUT2D eigenvalue weighted by molar-refractivity contribution is 7.57. The molecule has 0 aliphatic rings. The number of hydrogen-bond donors (Lipinski definition) is 2. The van der Waals surface area contributed by atoms with E-state index in [1.165, 1.54) is 0 Å². The predicted molar refractivity (Wildman–Crippen MR) is 45.4 cm³/mol. The highest BCUT2D eigenvalue weighted by Crippen LogP contribution is 2.31. The Morgan fingerprint density at radius 3 is 2.25 bits per heavy atom. The summed E-state index contributed by atoms with van der Waals surface area (Å²) in [5, 5.41) is 0. The molecule has 0 aliphatic heterocycles. The van der Waals surface area contributed by atoms with Gasteiger partial charge >= 0.3 is 7.60 Å². The quantitative estimate of drug-likeness (QED) is 0.467. The lowest BCUT2D eigenvalue weighted by Crippen LogP contribution is -1.73. The highest BCUT2D eigenvalue weighted by atomic mass is 31.2. The lowest BCUT2D eigenvalue weighted by Gasteiger charge is -1.89. The molecular formula is C8H7O3P. The molecule has 0 saturated heterocycles. The van der Waals surface area contributed by atoms with Crippen LogP contribution in [0.3, 0.4) is 0 Å². The smallest absolute Gasteiger partial charge is 0.315 e. The van der Waals surface area contributed by atoms with E-state index in [1.54, 1.807) is 24.3 Å². The molecule has 62 valence electrons. The van der Waals surface area contributed by atoms with E-state index < -0.39 is 7.60 Å². The molecule has 0 spiro atoms. The molecule has 1 aromatic carbocycles. The van der Waals surface area contributed by atoms with Crippen LogP contribution < -0.4 is 0 Å². The molecule has 0 amide bonds. The summed E-state index contributed by atoms with van der Waals surface area (Å²) in [5.74, 6) is 2.37. The first kappa shape index (κ1) is 9.02. The zero-order chi connectivity index (χ0) is 9.03. The molecule has 0 radical (unpaired) electrons. The molecule has 1 aromatic rings. The topological polar surface area (TPSA) is 57.5 Å². The van der Waals surface area contributed by atoms with Gasteiger partial charge in [0.1, 0.15) is 0 Å². The van der Waals surface area contributed by atoms with Crippen molar-refractivity contribution >= 4 is 7.60 Å². The Morgan fingerprint density at radius 1 is 1.17 bits per heavy atom. The fraction of sp³-hybridized carbons (Fsp3) is 0. The first-order valence-electron chi connectivity index (χ1n) is 3.22. The average molecular weight is 182 g/mol. The van der Waals surface area contributed by atoms with Gasteiger partial charge in [0.2, 0.25) is 0 Å². The van der Waals surface area contributed by atoms with Gasteiger partial charge in [0, 0.05) is 11.2 Å². The van der Waals surface area contributed by atoms with Gasteiger partial charge in [0.25, 0.3) is 0 Å². The van der Waals surface area contributed by atoms with Gasteiger partial charge in [-0.1, -0.05) is 24.1 Å². The van der Waals surface area contributed by atoms with Crippen LogP contribution in [-0.2, 0) is 4.57 Å². The lowest BCUT2D eigenvalue weighted by molar-refractivity contribution is 0.389. The fourth-order valence-corrected chi connectivity index (χ4v) is 0.934. The third kappa shape index (κ3) is 3.36. The Morgan fingerprint density at radius 2 is 1.75 bits per heavy atom. The normalized spacial score (nSPS) is 10.2.